The van der Waals surface area contributed by atoms with Crippen molar-refractivity contribution in [1.29, 1.82) is 0 Å². The van der Waals surface area contributed by atoms with Gasteiger partial charge in [-0.2, -0.15) is 5.10 Å². The number of nitrogens with one attached hydrogen (secondary N) is 1. The Morgan fingerprint density at radius 2 is 2.11 bits per heavy atom. The molecule has 2 heterocycles. The second kappa shape index (κ2) is 7.31. The number of thioether (sulfide) groups is 1. The van der Waals surface area contributed by atoms with Crippen LogP contribution in [0.15, 0.2) is 29.2 Å². The van der Waals surface area contributed by atoms with Gasteiger partial charge in [-0.3, -0.25) is 4.79 Å². The van der Waals surface area contributed by atoms with Crippen LogP contribution in [0.5, 0.6) is 0 Å². The van der Waals surface area contributed by atoms with Gasteiger partial charge in [-0.15, -0.1) is 11.8 Å². The summed E-state index contributed by atoms with van der Waals surface area (Å²) in [5.41, 5.74) is 3.59. The van der Waals surface area contributed by atoms with Crippen molar-refractivity contribution >= 4 is 33.3 Å². The SMILES string of the molecule is Cc1cc(NC(=O)CSc2ccc3c(c2)CCC3)n([C@H]2CCS(=O)(=O)C2)n1. The number of hydrogen-bond donors (Lipinski definition) is 1. The predicted molar refractivity (Wildman–Crippen MR) is 107 cm³/mol. The van der Waals surface area contributed by atoms with Crippen LogP contribution in [-0.2, 0) is 27.5 Å². The van der Waals surface area contributed by atoms with Crippen LogP contribution in [0, 0.1) is 6.92 Å². The minimum absolute atomic E-state index is 0.0842. The Hall–Kier alpha value is -1.80. The molecule has 1 saturated heterocycles. The Bertz CT molecular complexity index is 982. The van der Waals surface area contributed by atoms with Crippen LogP contribution in [0.2, 0.25) is 0 Å². The summed E-state index contributed by atoms with van der Waals surface area (Å²) in [6.45, 7) is 1.84. The van der Waals surface area contributed by atoms with Crippen molar-refractivity contribution < 1.29 is 13.2 Å². The smallest absolute Gasteiger partial charge is 0.235 e. The number of fused-ring (bicyclic) bond motifs is 1. The first-order chi connectivity index (χ1) is 12.9. The van der Waals surface area contributed by atoms with E-state index in [9.17, 15) is 13.2 Å². The molecule has 0 radical (unpaired) electrons. The highest BCUT2D eigenvalue weighted by atomic mass is 32.2. The molecule has 1 N–H and O–H groups in total. The standard InChI is InChI=1S/C19H23N3O3S2/c1-13-9-18(22(21-13)16-7-8-27(24,25)12-16)20-19(23)11-26-17-6-5-14-3-2-4-15(14)10-17/h5-6,9-10,16H,2-4,7-8,11-12H2,1H3,(H,20,23)/t16-/m0/s1. The first-order valence-corrected chi connectivity index (χ1v) is 12.0. The third-order valence-electron chi connectivity index (χ3n) is 5.12. The molecule has 144 valence electrons. The number of amides is 1. The molecule has 1 fully saturated rings. The summed E-state index contributed by atoms with van der Waals surface area (Å²) >= 11 is 1.52. The summed E-state index contributed by atoms with van der Waals surface area (Å²) in [5, 5.41) is 7.30. The third-order valence-corrected chi connectivity index (χ3v) is 7.86. The Labute approximate surface area is 163 Å². The fraction of sp³-hybridized carbons (Fsp3) is 0.474. The number of nitrogens with zero attached hydrogens (tertiary/aromatic N) is 2. The van der Waals surface area contributed by atoms with Crippen LogP contribution < -0.4 is 5.32 Å². The quantitative estimate of drug-likeness (QED) is 0.774. The van der Waals surface area contributed by atoms with E-state index in [0.717, 1.165) is 23.4 Å². The van der Waals surface area contributed by atoms with Gasteiger partial charge in [0.25, 0.3) is 0 Å². The lowest BCUT2D eigenvalue weighted by molar-refractivity contribution is -0.113. The van der Waals surface area contributed by atoms with Gasteiger partial charge in [0.1, 0.15) is 5.82 Å². The van der Waals surface area contributed by atoms with Crippen LogP contribution in [0.1, 0.15) is 35.7 Å². The molecule has 1 aliphatic carbocycles. The molecular weight excluding hydrogens is 382 g/mol. The molecular formula is C19H23N3O3S2. The summed E-state index contributed by atoms with van der Waals surface area (Å²) in [6.07, 6.45) is 4.03. The first kappa shape index (κ1) is 18.6. The average molecular weight is 406 g/mol. The molecule has 6 nitrogen and oxygen atoms in total. The van der Waals surface area contributed by atoms with E-state index in [1.807, 2.05) is 6.92 Å². The Kier molecular flexibility index (Phi) is 5.03. The molecule has 1 aromatic heterocycles. The van der Waals surface area contributed by atoms with Crippen LogP contribution in [0.25, 0.3) is 0 Å². The number of benzene rings is 1. The van der Waals surface area contributed by atoms with Gasteiger partial charge in [-0.25, -0.2) is 13.1 Å². The van der Waals surface area contributed by atoms with Gasteiger partial charge >= 0.3 is 0 Å². The number of rotatable bonds is 5. The highest BCUT2D eigenvalue weighted by Gasteiger charge is 2.31. The Morgan fingerprint density at radius 3 is 2.89 bits per heavy atom. The van der Waals surface area contributed by atoms with Gasteiger partial charge in [0.2, 0.25) is 5.91 Å². The van der Waals surface area contributed by atoms with Gasteiger partial charge in [-0.1, -0.05) is 6.07 Å². The van der Waals surface area contributed by atoms with E-state index in [4.69, 9.17) is 0 Å². The van der Waals surface area contributed by atoms with Crippen LogP contribution in [0.4, 0.5) is 5.82 Å². The van der Waals surface area contributed by atoms with Gasteiger partial charge in [0.05, 0.1) is 29.0 Å². The monoisotopic (exact) mass is 405 g/mol. The molecule has 4 rings (SSSR count). The lowest BCUT2D eigenvalue weighted by Gasteiger charge is -2.13. The molecule has 1 aromatic carbocycles. The normalized spacial score (nSPS) is 20.6. The molecule has 1 atom stereocenters. The molecule has 0 bridgehead atoms. The minimum atomic E-state index is -3.01. The summed E-state index contributed by atoms with van der Waals surface area (Å²) < 4.78 is 25.2. The Morgan fingerprint density at radius 1 is 1.30 bits per heavy atom. The maximum absolute atomic E-state index is 12.4. The molecule has 8 heteroatoms. The van der Waals surface area contributed by atoms with E-state index < -0.39 is 9.84 Å². The lowest BCUT2D eigenvalue weighted by Crippen LogP contribution is -2.20. The number of aryl methyl sites for hydroxylation is 3. The maximum Gasteiger partial charge on any atom is 0.235 e. The lowest BCUT2D eigenvalue weighted by atomic mass is 10.1. The van der Waals surface area contributed by atoms with Gasteiger partial charge in [-0.05, 0) is 55.9 Å². The van der Waals surface area contributed by atoms with Crippen molar-refractivity contribution in [2.45, 2.75) is 43.5 Å². The number of carbonyl (C=O) groups excluding carboxylic acids is 1. The number of carbonyl (C=O) groups is 1. The van der Waals surface area contributed by atoms with E-state index in [1.54, 1.807) is 10.7 Å². The number of anilines is 1. The fourth-order valence-electron chi connectivity index (χ4n) is 3.82. The molecule has 27 heavy (non-hydrogen) atoms. The highest BCUT2D eigenvalue weighted by Crippen LogP contribution is 2.29. The molecule has 0 unspecified atom stereocenters. The van der Waals surface area contributed by atoms with Crippen molar-refractivity contribution in [3.05, 3.63) is 41.1 Å². The second-order valence-corrected chi connectivity index (χ2v) is 10.6. The third kappa shape index (κ3) is 4.21. The Balaban J connectivity index is 1.40. The predicted octanol–water partition coefficient (Wildman–Crippen LogP) is 2.77. The molecule has 1 amide bonds. The zero-order chi connectivity index (χ0) is 19.0. The summed E-state index contributed by atoms with van der Waals surface area (Å²) in [4.78, 5) is 13.5. The van der Waals surface area contributed by atoms with Crippen molar-refractivity contribution in [3.63, 3.8) is 0 Å². The van der Waals surface area contributed by atoms with E-state index in [1.165, 1.54) is 29.3 Å². The van der Waals surface area contributed by atoms with Crippen molar-refractivity contribution in [2.24, 2.45) is 0 Å². The van der Waals surface area contributed by atoms with E-state index >= 15 is 0 Å². The zero-order valence-electron chi connectivity index (χ0n) is 15.3. The molecule has 0 saturated carbocycles. The molecule has 2 aliphatic rings. The summed E-state index contributed by atoms with van der Waals surface area (Å²) in [7, 11) is -3.01. The summed E-state index contributed by atoms with van der Waals surface area (Å²) in [6, 6.07) is 8.03. The first-order valence-electron chi connectivity index (χ1n) is 9.21. The number of hydrogen-bond acceptors (Lipinski definition) is 5. The number of aromatic nitrogens is 2. The van der Waals surface area contributed by atoms with Gasteiger partial charge < -0.3 is 5.32 Å². The van der Waals surface area contributed by atoms with E-state index in [2.05, 4.69) is 28.6 Å². The highest BCUT2D eigenvalue weighted by molar-refractivity contribution is 8.00. The fourth-order valence-corrected chi connectivity index (χ4v) is 6.27. The van der Waals surface area contributed by atoms with E-state index in [-0.39, 0.29) is 23.5 Å². The maximum atomic E-state index is 12.4. The zero-order valence-corrected chi connectivity index (χ0v) is 16.9. The molecule has 0 spiro atoms. The second-order valence-electron chi connectivity index (χ2n) is 7.29. The largest absolute Gasteiger partial charge is 0.310 e. The molecule has 2 aromatic rings. The molecule has 1 aliphatic heterocycles. The van der Waals surface area contributed by atoms with E-state index in [0.29, 0.717) is 18.0 Å². The van der Waals surface area contributed by atoms with Crippen LogP contribution in [-0.4, -0.2) is 41.4 Å². The van der Waals surface area contributed by atoms with Crippen LogP contribution >= 0.6 is 11.8 Å². The topological polar surface area (TPSA) is 81.1 Å². The average Bonchev–Trinajstić information content (AvgIpc) is 3.31. The van der Waals surface area contributed by atoms with Crippen molar-refractivity contribution in [1.82, 2.24) is 9.78 Å². The minimum Gasteiger partial charge on any atom is -0.310 e. The van der Waals surface area contributed by atoms with Gasteiger partial charge in [0.15, 0.2) is 9.84 Å². The van der Waals surface area contributed by atoms with Crippen molar-refractivity contribution in [3.8, 4) is 0 Å². The number of sulfone groups is 1. The summed E-state index contributed by atoms with van der Waals surface area (Å²) in [5.74, 6) is 1.04. The van der Waals surface area contributed by atoms with Gasteiger partial charge in [0, 0.05) is 11.0 Å². The van der Waals surface area contributed by atoms with Crippen LogP contribution in [0.3, 0.4) is 0 Å². The van der Waals surface area contributed by atoms with Crippen molar-refractivity contribution in [2.75, 3.05) is 22.6 Å².